The van der Waals surface area contributed by atoms with E-state index in [-0.39, 0.29) is 11.6 Å². The molecule has 1 saturated heterocycles. The maximum absolute atomic E-state index is 12.3. The monoisotopic (exact) mass is 451 g/mol. The van der Waals surface area contributed by atoms with Crippen molar-refractivity contribution in [1.29, 1.82) is 0 Å². The molecular formula is C31H33NO2. The van der Waals surface area contributed by atoms with Crippen LogP contribution in [-0.2, 0) is 0 Å². The number of piperidine rings is 1. The zero-order chi connectivity index (χ0) is 23.8. The third kappa shape index (κ3) is 6.18. The van der Waals surface area contributed by atoms with Gasteiger partial charge in [-0.1, -0.05) is 86.1 Å². The molecule has 3 nitrogen and oxygen atoms in total. The number of carbonyl (C=O) groups is 2. The van der Waals surface area contributed by atoms with E-state index in [0.29, 0.717) is 12.8 Å². The van der Waals surface area contributed by atoms with E-state index >= 15 is 0 Å². The molecule has 0 aliphatic carbocycles. The summed E-state index contributed by atoms with van der Waals surface area (Å²) >= 11 is 0. The number of ketones is 2. The Labute approximate surface area is 202 Å². The van der Waals surface area contributed by atoms with Crippen molar-refractivity contribution in [3.8, 4) is 0 Å². The largest absolute Gasteiger partial charge is 0.303 e. The van der Waals surface area contributed by atoms with E-state index < -0.39 is 0 Å². The molecule has 174 valence electrons. The average molecular weight is 452 g/mol. The van der Waals surface area contributed by atoms with Crippen molar-refractivity contribution in [3.63, 3.8) is 0 Å². The quantitative estimate of drug-likeness (QED) is 0.288. The number of hydrogen-bond donors (Lipinski definition) is 0. The van der Waals surface area contributed by atoms with Gasteiger partial charge >= 0.3 is 0 Å². The zero-order valence-corrected chi connectivity index (χ0v) is 20.0. The predicted molar refractivity (Wildman–Crippen MR) is 142 cm³/mol. The van der Waals surface area contributed by atoms with Gasteiger partial charge in [-0.2, -0.15) is 0 Å². The lowest BCUT2D eigenvalue weighted by atomic mass is 10.0. The summed E-state index contributed by atoms with van der Waals surface area (Å²) in [5, 5.41) is 4.66. The van der Waals surface area contributed by atoms with E-state index in [2.05, 4.69) is 23.1 Å². The van der Waals surface area contributed by atoms with Crippen LogP contribution in [0, 0.1) is 0 Å². The van der Waals surface area contributed by atoms with Crippen LogP contribution in [0.15, 0.2) is 84.9 Å². The van der Waals surface area contributed by atoms with Gasteiger partial charge in [-0.15, -0.1) is 0 Å². The molecule has 0 bridgehead atoms. The maximum Gasteiger partial charge on any atom is 0.164 e. The van der Waals surface area contributed by atoms with Crippen LogP contribution in [-0.4, -0.2) is 36.1 Å². The van der Waals surface area contributed by atoms with E-state index in [1.54, 1.807) is 0 Å². The van der Waals surface area contributed by atoms with Gasteiger partial charge in [0.15, 0.2) is 11.6 Å². The molecule has 4 aromatic rings. The molecule has 34 heavy (non-hydrogen) atoms. The van der Waals surface area contributed by atoms with Gasteiger partial charge in [0.05, 0.1) is 0 Å². The number of benzene rings is 4. The van der Waals surface area contributed by atoms with Crippen molar-refractivity contribution in [1.82, 2.24) is 4.90 Å². The van der Waals surface area contributed by atoms with Crippen molar-refractivity contribution < 1.29 is 9.59 Å². The van der Waals surface area contributed by atoms with Gasteiger partial charge in [0.1, 0.15) is 0 Å². The topological polar surface area (TPSA) is 37.4 Å². The molecular weight excluding hydrogens is 418 g/mol. The summed E-state index contributed by atoms with van der Waals surface area (Å²) in [5.74, 6) is 0.470. The highest BCUT2D eigenvalue weighted by atomic mass is 16.1. The summed E-state index contributed by atoms with van der Waals surface area (Å²) in [4.78, 5) is 26.2. The zero-order valence-electron chi connectivity index (χ0n) is 20.0. The van der Waals surface area contributed by atoms with Gasteiger partial charge in [-0.3, -0.25) is 9.59 Å². The average Bonchev–Trinajstić information content (AvgIpc) is 2.91. The summed E-state index contributed by atoms with van der Waals surface area (Å²) in [6.45, 7) is 5.11. The molecule has 1 fully saturated rings. The number of fused-ring (bicyclic) bond motifs is 2. The van der Waals surface area contributed by atoms with Gasteiger partial charge < -0.3 is 4.90 Å². The Balaban J connectivity index is 0.000000172. The van der Waals surface area contributed by atoms with Crippen LogP contribution in [0.1, 0.15) is 59.7 Å². The lowest BCUT2D eigenvalue weighted by Crippen LogP contribution is -2.31. The van der Waals surface area contributed by atoms with E-state index in [9.17, 15) is 9.59 Å². The summed E-state index contributed by atoms with van der Waals surface area (Å²) in [5.41, 5.74) is 1.66. The molecule has 0 aromatic heterocycles. The van der Waals surface area contributed by atoms with Gasteiger partial charge in [0.2, 0.25) is 0 Å². The number of rotatable bonds is 6. The highest BCUT2D eigenvalue weighted by molar-refractivity contribution is 6.00. The summed E-state index contributed by atoms with van der Waals surface area (Å²) in [6.07, 6.45) is 5.11. The van der Waals surface area contributed by atoms with Gasteiger partial charge in [0.25, 0.3) is 0 Å². The predicted octanol–water partition coefficient (Wildman–Crippen LogP) is 7.33. The number of nitrogens with zero attached hydrogens (tertiary/aromatic N) is 1. The summed E-state index contributed by atoms with van der Waals surface area (Å²) < 4.78 is 0. The van der Waals surface area contributed by atoms with Crippen molar-refractivity contribution in [3.05, 3.63) is 96.1 Å². The molecule has 0 radical (unpaired) electrons. The first-order valence-electron chi connectivity index (χ1n) is 12.4. The first-order valence-corrected chi connectivity index (χ1v) is 12.4. The minimum absolute atomic E-state index is 0.204. The van der Waals surface area contributed by atoms with Crippen LogP contribution in [0.5, 0.6) is 0 Å². The normalized spacial score (nSPS) is 13.9. The maximum atomic E-state index is 12.3. The van der Waals surface area contributed by atoms with Crippen molar-refractivity contribution >= 4 is 33.1 Å². The molecule has 1 heterocycles. The molecule has 1 aliphatic heterocycles. The second-order valence-electron chi connectivity index (χ2n) is 8.98. The van der Waals surface area contributed by atoms with Crippen LogP contribution in [0.4, 0.5) is 0 Å². The minimum atomic E-state index is 0.204. The Morgan fingerprint density at radius 1 is 0.647 bits per heavy atom. The second-order valence-corrected chi connectivity index (χ2v) is 8.98. The molecule has 0 saturated carbocycles. The standard InChI is InChI=1S/C18H21NO.C13H12O/c20-18(10-13-19-11-4-1-5-12-19)17-9-8-15-6-2-3-7-16(15)14-17;1-2-13(14)12-8-7-10-5-3-4-6-11(10)9-12/h2-3,6-9,14H,1,4-5,10-13H2;3-9H,2H2,1H3. The number of Topliss-reactive ketones (excluding diaryl/α,β-unsaturated/α-hetero) is 2. The van der Waals surface area contributed by atoms with Crippen molar-refractivity contribution in [2.24, 2.45) is 0 Å². The molecule has 0 amide bonds. The first kappa shape index (κ1) is 23.8. The van der Waals surface area contributed by atoms with Crippen LogP contribution in [0.3, 0.4) is 0 Å². The van der Waals surface area contributed by atoms with Crippen LogP contribution < -0.4 is 0 Å². The molecule has 1 aliphatic rings. The fourth-order valence-corrected chi connectivity index (χ4v) is 4.52. The van der Waals surface area contributed by atoms with Crippen molar-refractivity contribution in [2.45, 2.75) is 39.0 Å². The number of hydrogen-bond acceptors (Lipinski definition) is 3. The Kier molecular flexibility index (Phi) is 8.21. The van der Waals surface area contributed by atoms with Gasteiger partial charge in [0, 0.05) is 30.5 Å². The molecule has 0 N–H and O–H groups in total. The molecule has 0 atom stereocenters. The van der Waals surface area contributed by atoms with Crippen LogP contribution in [0.25, 0.3) is 21.5 Å². The summed E-state index contributed by atoms with van der Waals surface area (Å²) in [7, 11) is 0. The fraction of sp³-hybridized carbons (Fsp3) is 0.290. The fourth-order valence-electron chi connectivity index (χ4n) is 4.52. The molecule has 3 heteroatoms. The number of likely N-dealkylation sites (tertiary alicyclic amines) is 1. The van der Waals surface area contributed by atoms with Crippen LogP contribution in [0.2, 0.25) is 0 Å². The SMILES string of the molecule is CCC(=O)c1ccc2ccccc2c1.O=C(CCN1CCCCC1)c1ccc2ccccc2c1. The summed E-state index contributed by atoms with van der Waals surface area (Å²) in [6, 6.07) is 28.1. The molecule has 4 aromatic carbocycles. The highest BCUT2D eigenvalue weighted by Crippen LogP contribution is 2.18. The Hall–Kier alpha value is -3.30. The Bertz CT molecular complexity index is 1270. The van der Waals surface area contributed by atoms with Crippen molar-refractivity contribution in [2.75, 3.05) is 19.6 Å². The van der Waals surface area contributed by atoms with Gasteiger partial charge in [-0.05, 0) is 59.6 Å². The van der Waals surface area contributed by atoms with E-state index in [4.69, 9.17) is 0 Å². The number of carbonyl (C=O) groups excluding carboxylic acids is 2. The van der Waals surface area contributed by atoms with Gasteiger partial charge in [-0.25, -0.2) is 0 Å². The second kappa shape index (κ2) is 11.7. The smallest absolute Gasteiger partial charge is 0.164 e. The lowest BCUT2D eigenvalue weighted by Gasteiger charge is -2.25. The highest BCUT2D eigenvalue weighted by Gasteiger charge is 2.13. The third-order valence-electron chi connectivity index (χ3n) is 6.57. The third-order valence-corrected chi connectivity index (χ3v) is 6.57. The van der Waals surface area contributed by atoms with E-state index in [1.165, 1.54) is 30.0 Å². The Morgan fingerprint density at radius 3 is 1.68 bits per heavy atom. The Morgan fingerprint density at radius 2 is 1.15 bits per heavy atom. The van der Waals surface area contributed by atoms with E-state index in [1.807, 2.05) is 73.7 Å². The molecule has 0 spiro atoms. The molecule has 0 unspecified atom stereocenters. The lowest BCUT2D eigenvalue weighted by molar-refractivity contribution is 0.0957. The van der Waals surface area contributed by atoms with Crippen LogP contribution >= 0.6 is 0 Å². The van der Waals surface area contributed by atoms with E-state index in [0.717, 1.165) is 41.5 Å². The first-order chi connectivity index (χ1) is 16.6. The molecule has 5 rings (SSSR count). The minimum Gasteiger partial charge on any atom is -0.303 e.